The number of nitrogens with zero attached hydrogens (tertiary/aromatic N) is 2. The molecule has 0 N–H and O–H groups in total. The van der Waals surface area contributed by atoms with Crippen molar-refractivity contribution in [3.63, 3.8) is 0 Å². The number of nitro benzene ring substituents is 1. The average molecular weight is 286 g/mol. The topological polar surface area (TPSA) is 80.5 Å². The summed E-state index contributed by atoms with van der Waals surface area (Å²) < 4.78 is 0. The lowest BCUT2D eigenvalue weighted by Gasteiger charge is -2.29. The Morgan fingerprint density at radius 2 is 1.86 bits per heavy atom. The second-order valence-corrected chi connectivity index (χ2v) is 6.21. The quantitative estimate of drug-likeness (QED) is 0.475. The molecule has 2 amide bonds. The molecule has 1 heterocycles. The molecule has 2 aliphatic carbocycles. The normalized spacial score (nSPS) is 30.1. The first-order valence-corrected chi connectivity index (χ1v) is 7.22. The standard InChI is InChI=1S/C15H14N2O4/c18-14-11-4-3-10(17(20)21)7-12(11)15(19)16(14)13-6-8-1-2-9(13)5-8/h3-4,7-9,13H,1-2,5-6H2/t8-,9+,13-/m0/s1. The Labute approximate surface area is 120 Å². The Morgan fingerprint density at radius 1 is 1.10 bits per heavy atom. The van der Waals surface area contributed by atoms with E-state index in [1.54, 1.807) is 0 Å². The fourth-order valence-corrected chi connectivity index (χ4v) is 4.19. The fourth-order valence-electron chi connectivity index (χ4n) is 4.19. The van der Waals surface area contributed by atoms with E-state index >= 15 is 0 Å². The van der Waals surface area contributed by atoms with Gasteiger partial charge in [0.1, 0.15) is 0 Å². The summed E-state index contributed by atoms with van der Waals surface area (Å²) in [6.07, 6.45) is 4.25. The van der Waals surface area contributed by atoms with E-state index in [4.69, 9.17) is 0 Å². The van der Waals surface area contributed by atoms with Crippen LogP contribution in [0.15, 0.2) is 18.2 Å². The highest BCUT2D eigenvalue weighted by Gasteiger charge is 2.49. The molecule has 2 saturated carbocycles. The van der Waals surface area contributed by atoms with E-state index in [-0.39, 0.29) is 29.1 Å². The van der Waals surface area contributed by atoms with Gasteiger partial charge in [-0.1, -0.05) is 6.42 Å². The molecule has 4 rings (SSSR count). The van der Waals surface area contributed by atoms with Crippen molar-refractivity contribution in [2.75, 3.05) is 0 Å². The van der Waals surface area contributed by atoms with Gasteiger partial charge >= 0.3 is 0 Å². The Balaban J connectivity index is 1.72. The van der Waals surface area contributed by atoms with Gasteiger partial charge in [-0.25, -0.2) is 0 Å². The first kappa shape index (κ1) is 12.5. The molecule has 1 aliphatic heterocycles. The van der Waals surface area contributed by atoms with Crippen molar-refractivity contribution in [3.05, 3.63) is 39.4 Å². The molecular weight excluding hydrogens is 272 g/mol. The maximum absolute atomic E-state index is 12.5. The lowest BCUT2D eigenvalue weighted by molar-refractivity contribution is -0.384. The van der Waals surface area contributed by atoms with Gasteiger partial charge < -0.3 is 0 Å². The van der Waals surface area contributed by atoms with Crippen LogP contribution in [-0.4, -0.2) is 27.7 Å². The van der Waals surface area contributed by atoms with Crippen molar-refractivity contribution in [1.82, 2.24) is 4.90 Å². The van der Waals surface area contributed by atoms with Gasteiger partial charge in [0, 0.05) is 18.2 Å². The number of fused-ring (bicyclic) bond motifs is 3. The number of hydrogen-bond donors (Lipinski definition) is 0. The summed E-state index contributed by atoms with van der Waals surface area (Å²) in [4.78, 5) is 36.7. The van der Waals surface area contributed by atoms with Crippen LogP contribution in [0.25, 0.3) is 0 Å². The van der Waals surface area contributed by atoms with Gasteiger partial charge in [-0.2, -0.15) is 0 Å². The van der Waals surface area contributed by atoms with Gasteiger partial charge in [-0.3, -0.25) is 24.6 Å². The Kier molecular flexibility index (Phi) is 2.46. The molecule has 0 spiro atoms. The predicted molar refractivity (Wildman–Crippen MR) is 72.8 cm³/mol. The minimum Gasteiger partial charge on any atom is -0.271 e. The average Bonchev–Trinajstić information content (AvgIpc) is 3.14. The van der Waals surface area contributed by atoms with Gasteiger partial charge in [0.05, 0.1) is 16.1 Å². The van der Waals surface area contributed by atoms with Crippen LogP contribution in [0.1, 0.15) is 46.4 Å². The zero-order valence-corrected chi connectivity index (χ0v) is 11.3. The second-order valence-electron chi connectivity index (χ2n) is 6.21. The van der Waals surface area contributed by atoms with E-state index in [2.05, 4.69) is 0 Å². The highest BCUT2D eigenvalue weighted by Crippen LogP contribution is 2.48. The van der Waals surface area contributed by atoms with Gasteiger partial charge in [-0.15, -0.1) is 0 Å². The predicted octanol–water partition coefficient (Wildman–Crippen LogP) is 2.38. The SMILES string of the molecule is O=C1c2ccc([N+](=O)[O-])cc2C(=O)N1[C@H]1C[C@H]2CC[C@@H]1C2. The van der Waals surface area contributed by atoms with Crippen LogP contribution in [0.4, 0.5) is 5.69 Å². The molecule has 108 valence electrons. The Bertz CT molecular complexity index is 684. The third-order valence-electron chi connectivity index (χ3n) is 5.14. The summed E-state index contributed by atoms with van der Waals surface area (Å²) in [5.41, 5.74) is 0.329. The summed E-state index contributed by atoms with van der Waals surface area (Å²) in [6.45, 7) is 0. The lowest BCUT2D eigenvalue weighted by Crippen LogP contribution is -2.42. The van der Waals surface area contributed by atoms with Crippen LogP contribution < -0.4 is 0 Å². The van der Waals surface area contributed by atoms with Crippen molar-refractivity contribution < 1.29 is 14.5 Å². The maximum atomic E-state index is 12.5. The van der Waals surface area contributed by atoms with E-state index in [0.29, 0.717) is 17.4 Å². The number of benzene rings is 1. The zero-order valence-electron chi connectivity index (χ0n) is 11.3. The number of carbonyl (C=O) groups excluding carboxylic acids is 2. The molecule has 1 aromatic carbocycles. The molecule has 21 heavy (non-hydrogen) atoms. The Morgan fingerprint density at radius 3 is 2.48 bits per heavy atom. The molecule has 0 unspecified atom stereocenters. The molecular formula is C15H14N2O4. The molecule has 6 heteroatoms. The Hall–Kier alpha value is -2.24. The van der Waals surface area contributed by atoms with Crippen molar-refractivity contribution in [1.29, 1.82) is 0 Å². The van der Waals surface area contributed by atoms with Crippen molar-refractivity contribution in [2.24, 2.45) is 11.8 Å². The number of nitro groups is 1. The fraction of sp³-hybridized carbons (Fsp3) is 0.467. The van der Waals surface area contributed by atoms with Crippen LogP contribution in [-0.2, 0) is 0 Å². The summed E-state index contributed by atoms with van der Waals surface area (Å²) in [7, 11) is 0. The van der Waals surface area contributed by atoms with E-state index < -0.39 is 4.92 Å². The van der Waals surface area contributed by atoms with Crippen molar-refractivity contribution >= 4 is 17.5 Å². The van der Waals surface area contributed by atoms with E-state index in [9.17, 15) is 19.7 Å². The molecule has 2 bridgehead atoms. The highest BCUT2D eigenvalue weighted by atomic mass is 16.6. The van der Waals surface area contributed by atoms with Gasteiger partial charge in [0.15, 0.2) is 0 Å². The van der Waals surface area contributed by atoms with Gasteiger partial charge in [0.25, 0.3) is 17.5 Å². The molecule has 0 aromatic heterocycles. The van der Waals surface area contributed by atoms with E-state index in [1.165, 1.54) is 29.5 Å². The number of non-ortho nitro benzene ring substituents is 1. The maximum Gasteiger partial charge on any atom is 0.270 e. The van der Waals surface area contributed by atoms with E-state index in [1.807, 2.05) is 0 Å². The minimum atomic E-state index is -0.543. The van der Waals surface area contributed by atoms with Crippen LogP contribution in [0.3, 0.4) is 0 Å². The van der Waals surface area contributed by atoms with Crippen molar-refractivity contribution in [3.8, 4) is 0 Å². The number of rotatable bonds is 2. The zero-order chi connectivity index (χ0) is 14.7. The van der Waals surface area contributed by atoms with Crippen LogP contribution >= 0.6 is 0 Å². The number of hydrogen-bond acceptors (Lipinski definition) is 4. The molecule has 0 radical (unpaired) electrons. The smallest absolute Gasteiger partial charge is 0.270 e. The third kappa shape index (κ3) is 1.65. The highest BCUT2D eigenvalue weighted by molar-refractivity contribution is 6.21. The monoisotopic (exact) mass is 286 g/mol. The number of carbonyl (C=O) groups is 2. The third-order valence-corrected chi connectivity index (χ3v) is 5.14. The second kappa shape index (κ2) is 4.13. The summed E-state index contributed by atoms with van der Waals surface area (Å²) in [5.74, 6) is 0.379. The summed E-state index contributed by atoms with van der Waals surface area (Å²) >= 11 is 0. The molecule has 3 aliphatic rings. The lowest BCUT2D eigenvalue weighted by atomic mass is 9.94. The molecule has 6 nitrogen and oxygen atoms in total. The molecule has 3 atom stereocenters. The molecule has 2 fully saturated rings. The summed E-state index contributed by atoms with van der Waals surface area (Å²) in [5, 5.41) is 10.8. The largest absolute Gasteiger partial charge is 0.271 e. The van der Waals surface area contributed by atoms with Gasteiger partial charge in [0.2, 0.25) is 0 Å². The first-order chi connectivity index (χ1) is 10.1. The minimum absolute atomic E-state index is 0.0183. The van der Waals surface area contributed by atoms with Crippen molar-refractivity contribution in [2.45, 2.75) is 31.7 Å². The molecule has 1 aromatic rings. The van der Waals surface area contributed by atoms with E-state index in [0.717, 1.165) is 19.3 Å². The first-order valence-electron chi connectivity index (χ1n) is 7.22. The van der Waals surface area contributed by atoms with Crippen LogP contribution in [0.5, 0.6) is 0 Å². The van der Waals surface area contributed by atoms with Crippen LogP contribution in [0, 0.1) is 22.0 Å². The molecule has 0 saturated heterocycles. The number of amides is 2. The van der Waals surface area contributed by atoms with Gasteiger partial charge in [-0.05, 0) is 37.2 Å². The number of imide groups is 1. The summed E-state index contributed by atoms with van der Waals surface area (Å²) in [6, 6.07) is 3.90. The van der Waals surface area contributed by atoms with Crippen LogP contribution in [0.2, 0.25) is 0 Å².